The Labute approximate surface area is 101 Å². The molecule has 1 N–H and O–H groups in total. The lowest BCUT2D eigenvalue weighted by molar-refractivity contribution is -0.137. The van der Waals surface area contributed by atoms with Crippen LogP contribution in [0.4, 0.5) is 4.79 Å². The van der Waals surface area contributed by atoms with Crippen LogP contribution in [0.15, 0.2) is 12.7 Å². The van der Waals surface area contributed by atoms with Crippen molar-refractivity contribution in [3.05, 3.63) is 12.7 Å². The van der Waals surface area contributed by atoms with Crippen LogP contribution < -0.4 is 0 Å². The van der Waals surface area contributed by atoms with Crippen LogP contribution in [0.2, 0.25) is 0 Å². The highest BCUT2D eigenvalue weighted by Crippen LogP contribution is 1.97. The number of carboxylic acid groups (broad SMARTS) is 1. The summed E-state index contributed by atoms with van der Waals surface area (Å²) in [5, 5.41) is 8.68. The van der Waals surface area contributed by atoms with Gasteiger partial charge in [0.15, 0.2) is 0 Å². The highest BCUT2D eigenvalue weighted by Gasteiger charge is 2.18. The Morgan fingerprint density at radius 1 is 1.47 bits per heavy atom. The largest absolute Gasteiger partial charge is 0.480 e. The Morgan fingerprint density at radius 3 is 2.59 bits per heavy atom. The van der Waals surface area contributed by atoms with Gasteiger partial charge >= 0.3 is 12.0 Å². The smallest absolute Gasteiger partial charge is 0.323 e. The number of rotatable bonds is 8. The van der Waals surface area contributed by atoms with E-state index in [0.29, 0.717) is 19.8 Å². The lowest BCUT2D eigenvalue weighted by Gasteiger charge is -2.25. The Balaban J connectivity index is 4.27. The number of amides is 2. The minimum atomic E-state index is -1.04. The van der Waals surface area contributed by atoms with Crippen molar-refractivity contribution in [3.8, 4) is 0 Å². The first-order valence-electron chi connectivity index (χ1n) is 5.43. The maximum absolute atomic E-state index is 11.8. The van der Waals surface area contributed by atoms with Gasteiger partial charge in [-0.25, -0.2) is 4.79 Å². The molecular weight excluding hydrogens is 224 g/mol. The van der Waals surface area contributed by atoms with Gasteiger partial charge in [-0.15, -0.1) is 6.58 Å². The van der Waals surface area contributed by atoms with Gasteiger partial charge in [-0.05, 0) is 6.92 Å². The van der Waals surface area contributed by atoms with Crippen molar-refractivity contribution >= 4 is 12.0 Å². The van der Waals surface area contributed by atoms with Crippen molar-refractivity contribution in [1.82, 2.24) is 9.80 Å². The second kappa shape index (κ2) is 8.58. The minimum absolute atomic E-state index is 0.212. The van der Waals surface area contributed by atoms with E-state index in [1.165, 1.54) is 15.9 Å². The van der Waals surface area contributed by atoms with Crippen LogP contribution in [-0.4, -0.2) is 66.8 Å². The predicted octanol–water partition coefficient (Wildman–Crippen LogP) is 0.647. The standard InChI is InChI=1S/C11H20N2O4/c1-4-6-13(9-10(14)15)11(16)12(3)7-8-17-5-2/h4H,1,5-9H2,2-3H3,(H,14,15). The fraction of sp³-hybridized carbons (Fsp3) is 0.636. The molecule has 0 unspecified atom stereocenters. The van der Waals surface area contributed by atoms with Gasteiger partial charge in [0.2, 0.25) is 0 Å². The molecule has 0 aromatic rings. The highest BCUT2D eigenvalue weighted by molar-refractivity contribution is 5.80. The molecule has 98 valence electrons. The van der Waals surface area contributed by atoms with Gasteiger partial charge < -0.3 is 19.6 Å². The van der Waals surface area contributed by atoms with Crippen molar-refractivity contribution in [3.63, 3.8) is 0 Å². The summed E-state index contributed by atoms with van der Waals surface area (Å²) in [5.74, 6) is -1.04. The van der Waals surface area contributed by atoms with E-state index >= 15 is 0 Å². The molecule has 0 fully saturated rings. The lowest BCUT2D eigenvalue weighted by Crippen LogP contribution is -2.44. The zero-order valence-corrected chi connectivity index (χ0v) is 10.4. The third-order valence-electron chi connectivity index (χ3n) is 2.05. The molecule has 0 atom stereocenters. The van der Waals surface area contributed by atoms with Gasteiger partial charge in [0.05, 0.1) is 6.61 Å². The number of carbonyl (C=O) groups is 2. The summed E-state index contributed by atoms with van der Waals surface area (Å²) < 4.78 is 5.13. The Bertz CT molecular complexity index is 268. The van der Waals surface area contributed by atoms with E-state index in [2.05, 4.69) is 6.58 Å². The van der Waals surface area contributed by atoms with Gasteiger partial charge in [0, 0.05) is 26.7 Å². The average molecular weight is 244 g/mol. The van der Waals surface area contributed by atoms with Crippen molar-refractivity contribution in [1.29, 1.82) is 0 Å². The molecule has 0 bridgehead atoms. The third kappa shape index (κ3) is 6.57. The number of hydrogen-bond acceptors (Lipinski definition) is 3. The summed E-state index contributed by atoms with van der Waals surface area (Å²) in [7, 11) is 1.61. The maximum Gasteiger partial charge on any atom is 0.323 e. The van der Waals surface area contributed by atoms with Crippen molar-refractivity contribution < 1.29 is 19.4 Å². The molecule has 0 aliphatic rings. The Morgan fingerprint density at radius 2 is 2.12 bits per heavy atom. The predicted molar refractivity (Wildman–Crippen MR) is 63.9 cm³/mol. The number of aliphatic carboxylic acids is 1. The maximum atomic E-state index is 11.8. The first kappa shape index (κ1) is 15.4. The molecule has 0 heterocycles. The molecule has 6 nitrogen and oxygen atoms in total. The summed E-state index contributed by atoms with van der Waals surface area (Å²) in [6.45, 7) is 6.71. The normalized spacial score (nSPS) is 9.76. The molecular formula is C11H20N2O4. The summed E-state index contributed by atoms with van der Waals surface area (Å²) >= 11 is 0. The summed E-state index contributed by atoms with van der Waals surface area (Å²) in [4.78, 5) is 25.1. The van der Waals surface area contributed by atoms with Crippen molar-refractivity contribution in [2.45, 2.75) is 6.92 Å². The lowest BCUT2D eigenvalue weighted by atomic mass is 10.4. The molecule has 17 heavy (non-hydrogen) atoms. The molecule has 0 aromatic heterocycles. The van der Waals surface area contributed by atoms with Crippen LogP contribution >= 0.6 is 0 Å². The summed E-state index contributed by atoms with van der Waals surface area (Å²) in [5.41, 5.74) is 0. The summed E-state index contributed by atoms with van der Waals surface area (Å²) in [6, 6.07) is -0.341. The van der Waals surface area contributed by atoms with E-state index < -0.39 is 5.97 Å². The number of ether oxygens (including phenoxy) is 1. The number of nitrogens with zero attached hydrogens (tertiary/aromatic N) is 2. The number of urea groups is 1. The molecule has 0 spiro atoms. The van der Waals surface area contributed by atoms with Crippen molar-refractivity contribution in [2.24, 2.45) is 0 Å². The van der Waals surface area contributed by atoms with E-state index in [9.17, 15) is 9.59 Å². The molecule has 0 aliphatic carbocycles. The van der Waals surface area contributed by atoms with Crippen LogP contribution in [0.1, 0.15) is 6.92 Å². The Hall–Kier alpha value is -1.56. The Kier molecular flexibility index (Phi) is 7.79. The topological polar surface area (TPSA) is 70.1 Å². The van der Waals surface area contributed by atoms with Crippen LogP contribution in [0.25, 0.3) is 0 Å². The quantitative estimate of drug-likeness (QED) is 0.502. The molecule has 0 radical (unpaired) electrons. The second-order valence-electron chi connectivity index (χ2n) is 3.46. The molecule has 6 heteroatoms. The van der Waals surface area contributed by atoms with E-state index in [-0.39, 0.29) is 19.1 Å². The van der Waals surface area contributed by atoms with Crippen molar-refractivity contribution in [2.75, 3.05) is 39.9 Å². The average Bonchev–Trinajstić information content (AvgIpc) is 2.27. The first-order valence-corrected chi connectivity index (χ1v) is 5.43. The molecule has 0 aromatic carbocycles. The fourth-order valence-corrected chi connectivity index (χ4v) is 1.21. The van der Waals surface area contributed by atoms with Crippen LogP contribution in [-0.2, 0) is 9.53 Å². The monoisotopic (exact) mass is 244 g/mol. The first-order chi connectivity index (χ1) is 8.02. The second-order valence-corrected chi connectivity index (χ2v) is 3.46. The molecule has 0 rings (SSSR count). The number of likely N-dealkylation sites (N-methyl/N-ethyl adjacent to an activating group) is 1. The van der Waals surface area contributed by atoms with Crippen LogP contribution in [0, 0.1) is 0 Å². The number of carbonyl (C=O) groups excluding carboxylic acids is 1. The van der Waals surface area contributed by atoms with Crippen LogP contribution in [0.5, 0.6) is 0 Å². The number of carboxylic acids is 1. The molecule has 0 saturated heterocycles. The third-order valence-corrected chi connectivity index (χ3v) is 2.05. The number of hydrogen-bond donors (Lipinski definition) is 1. The zero-order valence-electron chi connectivity index (χ0n) is 10.4. The highest BCUT2D eigenvalue weighted by atomic mass is 16.5. The SMILES string of the molecule is C=CCN(CC(=O)O)C(=O)N(C)CCOCC. The van der Waals surface area contributed by atoms with E-state index in [1.807, 2.05) is 6.92 Å². The van der Waals surface area contributed by atoms with Crippen LogP contribution in [0.3, 0.4) is 0 Å². The molecule has 2 amide bonds. The van der Waals surface area contributed by atoms with Gasteiger partial charge in [-0.3, -0.25) is 4.79 Å². The van der Waals surface area contributed by atoms with E-state index in [4.69, 9.17) is 9.84 Å². The zero-order chi connectivity index (χ0) is 13.3. The van der Waals surface area contributed by atoms with E-state index in [0.717, 1.165) is 0 Å². The fourth-order valence-electron chi connectivity index (χ4n) is 1.21. The van der Waals surface area contributed by atoms with Gasteiger partial charge in [0.25, 0.3) is 0 Å². The van der Waals surface area contributed by atoms with Gasteiger partial charge in [-0.1, -0.05) is 6.08 Å². The minimum Gasteiger partial charge on any atom is -0.480 e. The molecule has 0 aliphatic heterocycles. The van der Waals surface area contributed by atoms with Gasteiger partial charge in [0.1, 0.15) is 6.54 Å². The van der Waals surface area contributed by atoms with Gasteiger partial charge in [-0.2, -0.15) is 0 Å². The molecule has 0 saturated carbocycles. The van der Waals surface area contributed by atoms with E-state index in [1.54, 1.807) is 7.05 Å². The summed E-state index contributed by atoms with van der Waals surface area (Å²) in [6.07, 6.45) is 1.50.